The lowest BCUT2D eigenvalue weighted by Gasteiger charge is -1.94. The number of nitrogens with zero attached hydrogens (tertiary/aromatic N) is 1. The van der Waals surface area contributed by atoms with Crippen LogP contribution in [0.5, 0.6) is 0 Å². The first-order valence-electron chi connectivity index (χ1n) is 4.29. The molecule has 0 saturated carbocycles. The highest BCUT2D eigenvalue weighted by atomic mass is 32.1. The van der Waals surface area contributed by atoms with E-state index in [-0.39, 0.29) is 17.9 Å². The van der Waals surface area contributed by atoms with Gasteiger partial charge in [-0.25, -0.2) is 0 Å². The molecule has 1 aromatic rings. The molecule has 0 bridgehead atoms. The van der Waals surface area contributed by atoms with Crippen molar-refractivity contribution in [2.45, 2.75) is 6.42 Å². The zero-order valence-electron chi connectivity index (χ0n) is 8.33. The smallest absolute Gasteiger partial charge is 0.178 e. The lowest BCUT2D eigenvalue weighted by molar-refractivity contribution is 0.100. The van der Waals surface area contributed by atoms with Crippen molar-refractivity contribution in [1.82, 2.24) is 0 Å². The molecule has 0 amide bonds. The van der Waals surface area contributed by atoms with Gasteiger partial charge in [-0.3, -0.25) is 4.79 Å². The van der Waals surface area contributed by atoms with Crippen molar-refractivity contribution in [3.63, 3.8) is 0 Å². The van der Waals surface area contributed by atoms with Crippen molar-refractivity contribution in [3.8, 4) is 6.07 Å². The van der Waals surface area contributed by atoms with E-state index in [4.69, 9.17) is 11.0 Å². The van der Waals surface area contributed by atoms with Gasteiger partial charge in [0.05, 0.1) is 10.6 Å². The molecular weight excluding hydrogens is 210 g/mol. The van der Waals surface area contributed by atoms with Crippen molar-refractivity contribution in [1.29, 1.82) is 5.26 Å². The fourth-order valence-electron chi connectivity index (χ4n) is 1.16. The lowest BCUT2D eigenvalue weighted by Crippen LogP contribution is -1.99. The van der Waals surface area contributed by atoms with E-state index in [9.17, 15) is 4.79 Å². The summed E-state index contributed by atoms with van der Waals surface area (Å²) in [7, 11) is 1.69. The highest BCUT2D eigenvalue weighted by molar-refractivity contribution is 7.19. The van der Waals surface area contributed by atoms with Crippen LogP contribution in [0.15, 0.2) is 12.7 Å². The van der Waals surface area contributed by atoms with Crippen LogP contribution in [0, 0.1) is 11.3 Å². The fraction of sp³-hybridized carbons (Fsp3) is 0.200. The molecule has 1 aromatic heterocycles. The van der Waals surface area contributed by atoms with Crippen LogP contribution in [0.4, 0.5) is 10.7 Å². The Morgan fingerprint density at radius 1 is 1.80 bits per heavy atom. The molecule has 3 N–H and O–H groups in total. The van der Waals surface area contributed by atoms with Crippen molar-refractivity contribution in [2.24, 2.45) is 0 Å². The van der Waals surface area contributed by atoms with E-state index in [1.54, 1.807) is 7.05 Å². The molecule has 15 heavy (non-hydrogen) atoms. The lowest BCUT2D eigenvalue weighted by atomic mass is 10.2. The standard InChI is InChI=1S/C10H11N3OS/c1-3-4-7(14)9-8(12)6(5-11)10(13-2)15-9/h3,13H,1,4,12H2,2H3. The summed E-state index contributed by atoms with van der Waals surface area (Å²) in [5.74, 6) is -0.106. The number of allylic oxidation sites excluding steroid dienone is 1. The Balaban J connectivity index is 3.22. The van der Waals surface area contributed by atoms with Gasteiger partial charge in [0.15, 0.2) is 5.78 Å². The van der Waals surface area contributed by atoms with Crippen LogP contribution in [0.1, 0.15) is 21.7 Å². The number of Topliss-reactive ketones (excluding diaryl/α,β-unsaturated/α-hetero) is 1. The van der Waals surface area contributed by atoms with Crippen LogP contribution in [-0.4, -0.2) is 12.8 Å². The maximum Gasteiger partial charge on any atom is 0.178 e. The molecular formula is C10H11N3OS. The first-order chi connectivity index (χ1) is 7.15. The van der Waals surface area contributed by atoms with Crippen LogP contribution in [0.25, 0.3) is 0 Å². The number of carbonyl (C=O) groups is 1. The summed E-state index contributed by atoms with van der Waals surface area (Å²) < 4.78 is 0. The van der Waals surface area contributed by atoms with Crippen molar-refractivity contribution >= 4 is 27.8 Å². The van der Waals surface area contributed by atoms with Gasteiger partial charge in [0.1, 0.15) is 16.6 Å². The predicted molar refractivity (Wildman–Crippen MR) is 62.1 cm³/mol. The number of nitrogens with one attached hydrogen (secondary N) is 1. The molecule has 78 valence electrons. The predicted octanol–water partition coefficient (Wildman–Crippen LogP) is 2.00. The molecule has 1 heterocycles. The number of nitriles is 1. The summed E-state index contributed by atoms with van der Waals surface area (Å²) in [6.45, 7) is 3.49. The van der Waals surface area contributed by atoms with Gasteiger partial charge < -0.3 is 11.1 Å². The van der Waals surface area contributed by atoms with Gasteiger partial charge in [0.25, 0.3) is 0 Å². The average molecular weight is 221 g/mol. The molecule has 0 aliphatic heterocycles. The van der Waals surface area contributed by atoms with E-state index in [2.05, 4.69) is 11.9 Å². The van der Waals surface area contributed by atoms with E-state index in [0.29, 0.717) is 15.4 Å². The maximum absolute atomic E-state index is 11.6. The van der Waals surface area contributed by atoms with Gasteiger partial charge in [-0.1, -0.05) is 6.08 Å². The van der Waals surface area contributed by atoms with Gasteiger partial charge in [0, 0.05) is 13.5 Å². The van der Waals surface area contributed by atoms with Crippen molar-refractivity contribution in [2.75, 3.05) is 18.1 Å². The molecule has 0 aromatic carbocycles. The number of anilines is 2. The number of carbonyl (C=O) groups excluding carboxylic acids is 1. The number of nitrogen functional groups attached to an aromatic ring is 1. The molecule has 0 saturated heterocycles. The Kier molecular flexibility index (Phi) is 3.47. The normalized spacial score (nSPS) is 9.33. The summed E-state index contributed by atoms with van der Waals surface area (Å²) in [6, 6.07) is 1.98. The second kappa shape index (κ2) is 4.62. The first-order valence-corrected chi connectivity index (χ1v) is 5.11. The second-order valence-corrected chi connectivity index (χ2v) is 3.85. The SMILES string of the molecule is C=CCC(=O)c1sc(NC)c(C#N)c1N. The average Bonchev–Trinajstić information content (AvgIpc) is 2.55. The van der Waals surface area contributed by atoms with E-state index < -0.39 is 0 Å². The van der Waals surface area contributed by atoms with Gasteiger partial charge in [-0.2, -0.15) is 5.26 Å². The fourth-order valence-corrected chi connectivity index (χ4v) is 2.13. The summed E-state index contributed by atoms with van der Waals surface area (Å²) in [6.07, 6.45) is 1.76. The molecule has 1 rings (SSSR count). The Bertz CT molecular complexity index is 442. The largest absolute Gasteiger partial charge is 0.396 e. The quantitative estimate of drug-likeness (QED) is 0.602. The Labute approximate surface area is 92.0 Å². The third-order valence-corrected chi connectivity index (χ3v) is 3.13. The molecule has 0 atom stereocenters. The van der Waals surface area contributed by atoms with Crippen LogP contribution >= 0.6 is 11.3 Å². The first kappa shape index (κ1) is 11.3. The van der Waals surface area contributed by atoms with Crippen LogP contribution in [0.3, 0.4) is 0 Å². The molecule has 0 fully saturated rings. The summed E-state index contributed by atoms with van der Waals surface area (Å²) >= 11 is 1.20. The topological polar surface area (TPSA) is 78.9 Å². The second-order valence-electron chi connectivity index (χ2n) is 2.83. The van der Waals surface area contributed by atoms with Gasteiger partial charge in [0.2, 0.25) is 0 Å². The third kappa shape index (κ3) is 2.00. The minimum absolute atomic E-state index is 0.106. The highest BCUT2D eigenvalue weighted by Crippen LogP contribution is 2.35. The van der Waals surface area contributed by atoms with Crippen molar-refractivity contribution in [3.05, 3.63) is 23.1 Å². The highest BCUT2D eigenvalue weighted by Gasteiger charge is 2.19. The molecule has 0 aliphatic rings. The Morgan fingerprint density at radius 2 is 2.47 bits per heavy atom. The number of nitrogens with two attached hydrogens (primary N) is 1. The van der Waals surface area contributed by atoms with Gasteiger partial charge >= 0.3 is 0 Å². The number of hydrogen-bond acceptors (Lipinski definition) is 5. The minimum atomic E-state index is -0.106. The zero-order valence-corrected chi connectivity index (χ0v) is 9.15. The molecule has 4 nitrogen and oxygen atoms in total. The molecule has 5 heteroatoms. The van der Waals surface area contributed by atoms with Crippen molar-refractivity contribution < 1.29 is 4.79 Å². The van der Waals surface area contributed by atoms with Gasteiger partial charge in [-0.15, -0.1) is 17.9 Å². The number of rotatable bonds is 4. The summed E-state index contributed by atoms with van der Waals surface area (Å²) in [5.41, 5.74) is 6.32. The van der Waals surface area contributed by atoms with E-state index in [1.165, 1.54) is 17.4 Å². The number of ketones is 1. The van der Waals surface area contributed by atoms with Crippen LogP contribution < -0.4 is 11.1 Å². The Hall–Kier alpha value is -1.80. The van der Waals surface area contributed by atoms with E-state index in [1.807, 2.05) is 6.07 Å². The van der Waals surface area contributed by atoms with Gasteiger partial charge in [-0.05, 0) is 0 Å². The molecule has 0 spiro atoms. The summed E-state index contributed by atoms with van der Waals surface area (Å²) in [4.78, 5) is 12.0. The number of hydrogen-bond donors (Lipinski definition) is 2. The van der Waals surface area contributed by atoms with Crippen LogP contribution in [0.2, 0.25) is 0 Å². The molecule has 0 aliphatic carbocycles. The molecule has 0 unspecified atom stereocenters. The Morgan fingerprint density at radius 3 is 2.87 bits per heavy atom. The third-order valence-electron chi connectivity index (χ3n) is 1.87. The monoisotopic (exact) mass is 221 g/mol. The number of thiophene rings is 1. The minimum Gasteiger partial charge on any atom is -0.396 e. The maximum atomic E-state index is 11.6. The zero-order chi connectivity index (χ0) is 11.4. The van der Waals surface area contributed by atoms with E-state index in [0.717, 1.165) is 0 Å². The van der Waals surface area contributed by atoms with E-state index >= 15 is 0 Å². The van der Waals surface area contributed by atoms with Crippen LogP contribution in [-0.2, 0) is 0 Å². The molecule has 0 radical (unpaired) electrons. The summed E-state index contributed by atoms with van der Waals surface area (Å²) in [5, 5.41) is 12.3.